The number of hydrogen-bond acceptors (Lipinski definition) is 3. The number of fused-ring (bicyclic) bond motifs is 1. The number of hydrogen-bond donors (Lipinski definition) is 2. The molecule has 4 nitrogen and oxygen atoms in total. The minimum absolute atomic E-state index is 0.0280. The number of amides is 1. The number of aromatic nitrogens is 1. The Morgan fingerprint density at radius 1 is 1.32 bits per heavy atom. The molecule has 4 heteroatoms. The van der Waals surface area contributed by atoms with Crippen LogP contribution in [0.2, 0.25) is 0 Å². The van der Waals surface area contributed by atoms with Crippen molar-refractivity contribution in [2.24, 2.45) is 0 Å². The van der Waals surface area contributed by atoms with Crippen LogP contribution in [0.25, 0.3) is 10.9 Å². The fourth-order valence-electron chi connectivity index (χ4n) is 1.91. The molecule has 0 bridgehead atoms. The van der Waals surface area contributed by atoms with E-state index in [2.05, 4.69) is 15.6 Å². The maximum absolute atomic E-state index is 11.9. The monoisotopic (exact) mass is 257 g/mol. The molecule has 0 spiro atoms. The summed E-state index contributed by atoms with van der Waals surface area (Å²) >= 11 is 0. The molecule has 1 aromatic carbocycles. The van der Waals surface area contributed by atoms with Gasteiger partial charge in [0.25, 0.3) is 0 Å². The molecule has 1 amide bonds. The lowest BCUT2D eigenvalue weighted by Gasteiger charge is -2.11. The molecule has 2 rings (SSSR count). The van der Waals surface area contributed by atoms with Gasteiger partial charge in [0.1, 0.15) is 0 Å². The van der Waals surface area contributed by atoms with Crippen molar-refractivity contribution < 1.29 is 4.79 Å². The van der Waals surface area contributed by atoms with E-state index in [1.807, 2.05) is 44.3 Å². The quantitative estimate of drug-likeness (QED) is 0.853. The van der Waals surface area contributed by atoms with Gasteiger partial charge in [-0.15, -0.1) is 0 Å². The van der Waals surface area contributed by atoms with Crippen molar-refractivity contribution >= 4 is 16.8 Å². The first-order chi connectivity index (χ1) is 9.20. The topological polar surface area (TPSA) is 54.0 Å². The molecular formula is C15H19N3O. The first kappa shape index (κ1) is 13.5. The normalized spacial score (nSPS) is 12.3. The van der Waals surface area contributed by atoms with Gasteiger partial charge in [-0.1, -0.05) is 24.3 Å². The fraction of sp³-hybridized carbons (Fsp3) is 0.333. The van der Waals surface area contributed by atoms with E-state index in [4.69, 9.17) is 0 Å². The lowest BCUT2D eigenvalue weighted by molar-refractivity contribution is -0.120. The van der Waals surface area contributed by atoms with E-state index in [-0.39, 0.29) is 11.9 Å². The molecule has 0 radical (unpaired) electrons. The summed E-state index contributed by atoms with van der Waals surface area (Å²) in [5.41, 5.74) is 1.87. The summed E-state index contributed by atoms with van der Waals surface area (Å²) in [7, 11) is 1.88. The number of nitrogens with one attached hydrogen (secondary N) is 2. The second-order valence-corrected chi connectivity index (χ2v) is 4.66. The molecule has 0 aliphatic heterocycles. The molecule has 1 atom stereocenters. The number of carbonyl (C=O) groups excluding carboxylic acids is 1. The number of likely N-dealkylation sites (N-methyl/N-ethyl adjacent to an activating group) is 1. The average Bonchev–Trinajstić information content (AvgIpc) is 2.45. The number of nitrogens with zero attached hydrogens (tertiary/aromatic N) is 1. The minimum atomic E-state index is 0.0280. The third kappa shape index (κ3) is 3.51. The Morgan fingerprint density at radius 2 is 2.11 bits per heavy atom. The lowest BCUT2D eigenvalue weighted by Crippen LogP contribution is -2.37. The summed E-state index contributed by atoms with van der Waals surface area (Å²) in [6.45, 7) is 2.66. The maximum atomic E-state index is 11.9. The second kappa shape index (κ2) is 6.29. The van der Waals surface area contributed by atoms with Crippen LogP contribution >= 0.6 is 0 Å². The summed E-state index contributed by atoms with van der Waals surface area (Å²) in [5, 5.41) is 7.07. The summed E-state index contributed by atoms with van der Waals surface area (Å²) in [6.07, 6.45) is 2.12. The predicted molar refractivity (Wildman–Crippen MR) is 77.0 cm³/mol. The third-order valence-electron chi connectivity index (χ3n) is 3.17. The summed E-state index contributed by atoms with van der Waals surface area (Å²) < 4.78 is 0. The van der Waals surface area contributed by atoms with Crippen LogP contribution in [0, 0.1) is 0 Å². The molecule has 100 valence electrons. The highest BCUT2D eigenvalue weighted by Gasteiger charge is 2.08. The van der Waals surface area contributed by atoms with Gasteiger partial charge in [-0.25, -0.2) is 0 Å². The summed E-state index contributed by atoms with van der Waals surface area (Å²) in [6, 6.07) is 10.1. The second-order valence-electron chi connectivity index (χ2n) is 4.66. The van der Waals surface area contributed by atoms with Gasteiger partial charge in [-0.3, -0.25) is 9.78 Å². The zero-order valence-corrected chi connectivity index (χ0v) is 11.3. The van der Waals surface area contributed by atoms with Gasteiger partial charge in [0.2, 0.25) is 5.91 Å². The number of pyridine rings is 1. The highest BCUT2D eigenvalue weighted by atomic mass is 16.1. The summed E-state index contributed by atoms with van der Waals surface area (Å²) in [4.78, 5) is 16.3. The molecule has 0 aliphatic rings. The van der Waals surface area contributed by atoms with Crippen molar-refractivity contribution in [1.29, 1.82) is 0 Å². The van der Waals surface area contributed by atoms with E-state index in [0.29, 0.717) is 13.0 Å². The van der Waals surface area contributed by atoms with Crippen molar-refractivity contribution in [2.45, 2.75) is 19.4 Å². The van der Waals surface area contributed by atoms with E-state index in [9.17, 15) is 4.79 Å². The maximum Gasteiger partial charge on any atom is 0.224 e. The highest BCUT2D eigenvalue weighted by molar-refractivity contribution is 5.87. The van der Waals surface area contributed by atoms with Gasteiger partial charge in [0, 0.05) is 24.2 Å². The first-order valence-electron chi connectivity index (χ1n) is 6.47. The zero-order chi connectivity index (χ0) is 13.7. The Kier molecular flexibility index (Phi) is 4.47. The van der Waals surface area contributed by atoms with Crippen molar-refractivity contribution in [3.05, 3.63) is 42.1 Å². The molecular weight excluding hydrogens is 238 g/mol. The van der Waals surface area contributed by atoms with E-state index < -0.39 is 0 Å². The van der Waals surface area contributed by atoms with E-state index in [1.165, 1.54) is 0 Å². The van der Waals surface area contributed by atoms with E-state index in [0.717, 1.165) is 16.5 Å². The molecule has 2 N–H and O–H groups in total. The van der Waals surface area contributed by atoms with Gasteiger partial charge in [-0.05, 0) is 25.6 Å². The highest BCUT2D eigenvalue weighted by Crippen LogP contribution is 2.16. The Bertz CT molecular complexity index is 563. The van der Waals surface area contributed by atoms with Crippen molar-refractivity contribution in [3.8, 4) is 0 Å². The van der Waals surface area contributed by atoms with Gasteiger partial charge >= 0.3 is 0 Å². The van der Waals surface area contributed by atoms with Crippen LogP contribution in [-0.2, 0) is 11.2 Å². The molecule has 1 aromatic heterocycles. The Labute approximate surface area is 113 Å². The van der Waals surface area contributed by atoms with E-state index in [1.54, 1.807) is 6.20 Å². The van der Waals surface area contributed by atoms with Gasteiger partial charge in [0.15, 0.2) is 0 Å². The predicted octanol–water partition coefficient (Wildman–Crippen LogP) is 1.50. The zero-order valence-electron chi connectivity index (χ0n) is 11.3. The van der Waals surface area contributed by atoms with Crippen LogP contribution in [0.3, 0.4) is 0 Å². The van der Waals surface area contributed by atoms with Crippen molar-refractivity contribution in [3.63, 3.8) is 0 Å². The largest absolute Gasteiger partial charge is 0.354 e. The molecule has 0 aliphatic carbocycles. The molecule has 1 unspecified atom stereocenters. The summed E-state index contributed by atoms with van der Waals surface area (Å²) in [5.74, 6) is 0.0280. The van der Waals surface area contributed by atoms with Crippen LogP contribution in [0.5, 0.6) is 0 Å². The van der Waals surface area contributed by atoms with Crippen LogP contribution < -0.4 is 10.6 Å². The van der Waals surface area contributed by atoms with Crippen LogP contribution in [0.15, 0.2) is 36.5 Å². The molecule has 0 saturated carbocycles. The molecule has 2 aromatic rings. The van der Waals surface area contributed by atoms with Crippen molar-refractivity contribution in [2.75, 3.05) is 13.6 Å². The van der Waals surface area contributed by atoms with Crippen LogP contribution in [0.4, 0.5) is 0 Å². The number of rotatable bonds is 5. The van der Waals surface area contributed by atoms with Crippen LogP contribution in [0.1, 0.15) is 12.5 Å². The minimum Gasteiger partial charge on any atom is -0.354 e. The standard InChI is InChI=1S/C15H19N3O/c1-11(16-2)10-18-14(19)9-13-6-3-5-12-7-4-8-17-15(12)13/h3-8,11,16H,9-10H2,1-2H3,(H,18,19). The third-order valence-corrected chi connectivity index (χ3v) is 3.17. The fourth-order valence-corrected chi connectivity index (χ4v) is 1.91. The first-order valence-corrected chi connectivity index (χ1v) is 6.47. The molecule has 0 fully saturated rings. The Balaban J connectivity index is 2.07. The van der Waals surface area contributed by atoms with Crippen molar-refractivity contribution in [1.82, 2.24) is 15.6 Å². The molecule has 1 heterocycles. The smallest absolute Gasteiger partial charge is 0.224 e. The van der Waals surface area contributed by atoms with Gasteiger partial charge in [-0.2, -0.15) is 0 Å². The van der Waals surface area contributed by atoms with Gasteiger partial charge < -0.3 is 10.6 Å². The Morgan fingerprint density at radius 3 is 2.89 bits per heavy atom. The number of carbonyl (C=O) groups is 1. The number of benzene rings is 1. The number of para-hydroxylation sites is 1. The Hall–Kier alpha value is -1.94. The van der Waals surface area contributed by atoms with Crippen LogP contribution in [-0.4, -0.2) is 30.5 Å². The SMILES string of the molecule is CNC(C)CNC(=O)Cc1cccc2cccnc12. The van der Waals surface area contributed by atoms with Gasteiger partial charge in [0.05, 0.1) is 11.9 Å². The molecule has 19 heavy (non-hydrogen) atoms. The average molecular weight is 257 g/mol. The van der Waals surface area contributed by atoms with E-state index >= 15 is 0 Å². The lowest BCUT2D eigenvalue weighted by atomic mass is 10.1. The molecule has 0 saturated heterocycles.